The molecule has 1 aliphatic rings. The minimum Gasteiger partial charge on any atom is -0.396 e. The molecule has 0 aromatic carbocycles. The first-order chi connectivity index (χ1) is 9.30. The number of aliphatic hydroxyl groups excluding tert-OH is 1. The number of hydrogen-bond donors (Lipinski definition) is 1. The van der Waals surface area contributed by atoms with Crippen molar-refractivity contribution in [3.63, 3.8) is 0 Å². The van der Waals surface area contributed by atoms with Crippen LogP contribution in [0.4, 0.5) is 0 Å². The molecule has 0 amide bonds. The lowest BCUT2D eigenvalue weighted by atomic mass is 9.84. The van der Waals surface area contributed by atoms with Crippen LogP contribution in [0.5, 0.6) is 0 Å². The summed E-state index contributed by atoms with van der Waals surface area (Å²) in [6.45, 7) is 2.90. The number of nitrogens with zero attached hydrogens (tertiary/aromatic N) is 2. The highest BCUT2D eigenvalue weighted by molar-refractivity contribution is 5.03. The number of ether oxygens (including phenoxy) is 1. The lowest BCUT2D eigenvalue weighted by Gasteiger charge is -2.33. The summed E-state index contributed by atoms with van der Waals surface area (Å²) in [6.07, 6.45) is 7.93. The van der Waals surface area contributed by atoms with Crippen LogP contribution in [-0.2, 0) is 16.8 Å². The molecule has 1 fully saturated rings. The highest BCUT2D eigenvalue weighted by Gasteiger charge is 2.39. The topological polar surface area (TPSA) is 68.4 Å². The fourth-order valence-corrected chi connectivity index (χ4v) is 2.76. The second kappa shape index (κ2) is 7.01. The van der Waals surface area contributed by atoms with Crippen LogP contribution in [0.25, 0.3) is 0 Å². The van der Waals surface area contributed by atoms with E-state index in [4.69, 9.17) is 14.4 Å². The van der Waals surface area contributed by atoms with E-state index in [1.807, 2.05) is 6.92 Å². The van der Waals surface area contributed by atoms with Crippen molar-refractivity contribution in [1.82, 2.24) is 10.1 Å². The first-order valence-electron chi connectivity index (χ1n) is 7.38. The molecule has 1 heterocycles. The largest absolute Gasteiger partial charge is 0.396 e. The first-order valence-corrected chi connectivity index (χ1v) is 7.38. The molecule has 0 radical (unpaired) electrons. The highest BCUT2D eigenvalue weighted by atomic mass is 16.5. The minimum atomic E-state index is -0.328. The summed E-state index contributed by atoms with van der Waals surface area (Å²) in [6, 6.07) is 0. The molecule has 108 valence electrons. The Morgan fingerprint density at radius 3 is 2.74 bits per heavy atom. The fourth-order valence-electron chi connectivity index (χ4n) is 2.76. The summed E-state index contributed by atoms with van der Waals surface area (Å²) in [4.78, 5) is 4.51. The summed E-state index contributed by atoms with van der Waals surface area (Å²) in [5.74, 6) is 1.38. The molecular weight excluding hydrogens is 244 g/mol. The smallest absolute Gasteiger partial charge is 0.226 e. The zero-order valence-corrected chi connectivity index (χ0v) is 11.7. The zero-order valence-electron chi connectivity index (χ0n) is 11.7. The summed E-state index contributed by atoms with van der Waals surface area (Å²) >= 11 is 0. The Kier molecular flexibility index (Phi) is 5.34. The van der Waals surface area contributed by atoms with Crippen molar-refractivity contribution < 1.29 is 14.4 Å². The molecule has 1 N–H and O–H groups in total. The molecular formula is C14H24N2O3. The zero-order chi connectivity index (χ0) is 13.6. The van der Waals surface area contributed by atoms with Gasteiger partial charge in [-0.1, -0.05) is 24.4 Å². The molecule has 0 saturated heterocycles. The first kappa shape index (κ1) is 14.5. The Hall–Kier alpha value is -0.940. The van der Waals surface area contributed by atoms with Gasteiger partial charge in [0.25, 0.3) is 0 Å². The van der Waals surface area contributed by atoms with Gasteiger partial charge in [-0.25, -0.2) is 0 Å². The van der Waals surface area contributed by atoms with Crippen molar-refractivity contribution in [3.05, 3.63) is 11.7 Å². The van der Waals surface area contributed by atoms with Gasteiger partial charge < -0.3 is 14.4 Å². The standard InChI is InChI=1S/C14H24N2O3/c1-2-18-14(9-5-3-6-10-14)13-15-12(19-16-13)8-4-7-11-17/h17H,2-11H2,1H3. The predicted octanol–water partition coefficient (Wildman–Crippen LogP) is 2.58. The normalized spacial score (nSPS) is 18.6. The van der Waals surface area contributed by atoms with Crippen LogP contribution < -0.4 is 0 Å². The van der Waals surface area contributed by atoms with Gasteiger partial charge in [-0.05, 0) is 32.6 Å². The maximum atomic E-state index is 8.78. The molecule has 0 spiro atoms. The van der Waals surface area contributed by atoms with E-state index >= 15 is 0 Å². The maximum absolute atomic E-state index is 8.78. The van der Waals surface area contributed by atoms with Gasteiger partial charge in [-0.3, -0.25) is 0 Å². The van der Waals surface area contributed by atoms with Gasteiger partial charge >= 0.3 is 0 Å². The Balaban J connectivity index is 2.04. The number of hydrogen-bond acceptors (Lipinski definition) is 5. The number of aliphatic hydroxyl groups is 1. The van der Waals surface area contributed by atoms with Crippen LogP contribution in [0.3, 0.4) is 0 Å². The maximum Gasteiger partial charge on any atom is 0.226 e. The number of aromatic nitrogens is 2. The van der Waals surface area contributed by atoms with Gasteiger partial charge in [0.1, 0.15) is 5.60 Å². The van der Waals surface area contributed by atoms with E-state index in [9.17, 15) is 0 Å². The van der Waals surface area contributed by atoms with Crippen LogP contribution in [-0.4, -0.2) is 28.5 Å². The van der Waals surface area contributed by atoms with Crippen LogP contribution in [0.2, 0.25) is 0 Å². The SMILES string of the molecule is CCOC1(c2noc(CCCCO)n2)CCCCC1. The quantitative estimate of drug-likeness (QED) is 0.770. The van der Waals surface area contributed by atoms with E-state index < -0.39 is 0 Å². The van der Waals surface area contributed by atoms with Gasteiger partial charge in [0, 0.05) is 19.6 Å². The van der Waals surface area contributed by atoms with Gasteiger partial charge in [-0.2, -0.15) is 4.98 Å². The third-order valence-corrected chi connectivity index (χ3v) is 3.76. The molecule has 1 aromatic rings. The molecule has 19 heavy (non-hydrogen) atoms. The van der Waals surface area contributed by atoms with E-state index in [1.54, 1.807) is 0 Å². The lowest BCUT2D eigenvalue weighted by molar-refractivity contribution is -0.0777. The van der Waals surface area contributed by atoms with Gasteiger partial charge in [-0.15, -0.1) is 0 Å². The van der Waals surface area contributed by atoms with Crippen LogP contribution >= 0.6 is 0 Å². The van der Waals surface area contributed by atoms with Gasteiger partial charge in [0.05, 0.1) is 0 Å². The second-order valence-electron chi connectivity index (χ2n) is 5.18. The lowest BCUT2D eigenvalue weighted by Crippen LogP contribution is -2.33. The van der Waals surface area contributed by atoms with Crippen molar-refractivity contribution in [2.24, 2.45) is 0 Å². The van der Waals surface area contributed by atoms with Gasteiger partial charge in [0.2, 0.25) is 11.7 Å². The minimum absolute atomic E-state index is 0.212. The summed E-state index contributed by atoms with van der Waals surface area (Å²) in [5.41, 5.74) is -0.328. The van der Waals surface area contributed by atoms with Crippen molar-refractivity contribution in [1.29, 1.82) is 0 Å². The molecule has 5 heteroatoms. The molecule has 1 saturated carbocycles. The fraction of sp³-hybridized carbons (Fsp3) is 0.857. The molecule has 5 nitrogen and oxygen atoms in total. The molecule has 2 rings (SSSR count). The Morgan fingerprint density at radius 2 is 2.05 bits per heavy atom. The van der Waals surface area contributed by atoms with Crippen molar-refractivity contribution in [3.8, 4) is 0 Å². The molecule has 1 aliphatic carbocycles. The van der Waals surface area contributed by atoms with E-state index in [2.05, 4.69) is 10.1 Å². The average molecular weight is 268 g/mol. The van der Waals surface area contributed by atoms with Gasteiger partial charge in [0.15, 0.2) is 0 Å². The number of aryl methyl sites for hydroxylation is 1. The van der Waals surface area contributed by atoms with Crippen molar-refractivity contribution in [2.45, 2.75) is 63.9 Å². The number of rotatable bonds is 7. The summed E-state index contributed by atoms with van der Waals surface area (Å²) < 4.78 is 11.3. The third kappa shape index (κ3) is 3.54. The van der Waals surface area contributed by atoms with E-state index in [-0.39, 0.29) is 12.2 Å². The molecule has 1 aromatic heterocycles. The second-order valence-corrected chi connectivity index (χ2v) is 5.18. The highest BCUT2D eigenvalue weighted by Crippen LogP contribution is 2.39. The average Bonchev–Trinajstić information content (AvgIpc) is 2.90. The predicted molar refractivity (Wildman–Crippen MR) is 70.7 cm³/mol. The summed E-state index contributed by atoms with van der Waals surface area (Å²) in [5, 5.41) is 12.9. The van der Waals surface area contributed by atoms with E-state index in [1.165, 1.54) is 6.42 Å². The summed E-state index contributed by atoms with van der Waals surface area (Å²) in [7, 11) is 0. The Morgan fingerprint density at radius 1 is 1.26 bits per heavy atom. The van der Waals surface area contributed by atoms with Crippen molar-refractivity contribution >= 4 is 0 Å². The molecule has 0 aliphatic heterocycles. The third-order valence-electron chi connectivity index (χ3n) is 3.76. The van der Waals surface area contributed by atoms with Crippen LogP contribution in [0.1, 0.15) is 63.6 Å². The number of unbranched alkanes of at least 4 members (excludes halogenated alkanes) is 1. The van der Waals surface area contributed by atoms with E-state index in [0.717, 1.165) is 44.9 Å². The van der Waals surface area contributed by atoms with Crippen LogP contribution in [0, 0.1) is 0 Å². The van der Waals surface area contributed by atoms with Crippen LogP contribution in [0.15, 0.2) is 4.52 Å². The molecule has 0 unspecified atom stereocenters. The molecule has 0 atom stereocenters. The molecule has 0 bridgehead atoms. The Labute approximate surface area is 114 Å². The van der Waals surface area contributed by atoms with Crippen molar-refractivity contribution in [2.75, 3.05) is 13.2 Å². The van der Waals surface area contributed by atoms with E-state index in [0.29, 0.717) is 18.3 Å². The Bertz CT molecular complexity index is 367. The monoisotopic (exact) mass is 268 g/mol.